The van der Waals surface area contributed by atoms with Gasteiger partial charge in [-0.15, -0.1) is 0 Å². The average molecular weight is 497 g/mol. The monoisotopic (exact) mass is 496 g/mol. The minimum absolute atomic E-state index is 0.299. The van der Waals surface area contributed by atoms with Gasteiger partial charge in [0.2, 0.25) is 0 Å². The molecule has 0 aliphatic carbocycles. The van der Waals surface area contributed by atoms with Crippen LogP contribution in [0.1, 0.15) is 22.5 Å². The minimum Gasteiger partial charge on any atom is -0.293 e. The van der Waals surface area contributed by atoms with E-state index in [-0.39, 0.29) is 17.2 Å². The van der Waals surface area contributed by atoms with E-state index in [1.165, 1.54) is 28.9 Å². The highest BCUT2D eigenvalue weighted by Crippen LogP contribution is 2.27. The Morgan fingerprint density at radius 2 is 1.32 bits per heavy atom. The van der Waals surface area contributed by atoms with E-state index in [4.69, 9.17) is 4.98 Å². The van der Waals surface area contributed by atoms with Crippen LogP contribution in [0.4, 0.5) is 8.78 Å². The summed E-state index contributed by atoms with van der Waals surface area (Å²) in [6.45, 7) is 7.39. The highest BCUT2D eigenvalue weighted by molar-refractivity contribution is 5.84. The van der Waals surface area contributed by atoms with E-state index in [0.29, 0.717) is 56.1 Å². The lowest BCUT2D eigenvalue weighted by Gasteiger charge is -2.09. The van der Waals surface area contributed by atoms with Crippen LogP contribution < -0.4 is 5.56 Å². The van der Waals surface area contributed by atoms with Crippen LogP contribution in [-0.4, -0.2) is 29.5 Å². The molecule has 37 heavy (non-hydrogen) atoms. The first-order chi connectivity index (χ1) is 17.7. The molecule has 0 aliphatic rings. The largest absolute Gasteiger partial charge is 0.293 e. The number of pyridine rings is 2. The standard InChI is InChI=1S/C28H22F2N6O/c1-14-9-25(31-22-7-5-18(29)12-20(14)22)35-24(11-16(3)33-35)27-17(4)34-36(28(27)37)26-10-15(2)21-13-19(30)6-8-23(21)32-26/h5-13,34H,1-4H3. The predicted octanol–water partition coefficient (Wildman–Crippen LogP) is 5.63. The van der Waals surface area contributed by atoms with Crippen LogP contribution in [-0.2, 0) is 0 Å². The zero-order valence-corrected chi connectivity index (χ0v) is 20.6. The Kier molecular flexibility index (Phi) is 5.04. The number of nitrogens with zero attached hydrogens (tertiary/aromatic N) is 5. The number of fused-ring (bicyclic) bond motifs is 2. The molecule has 0 saturated carbocycles. The van der Waals surface area contributed by atoms with E-state index in [9.17, 15) is 13.6 Å². The van der Waals surface area contributed by atoms with Crippen molar-refractivity contribution in [3.05, 3.63) is 99.1 Å². The molecule has 6 rings (SSSR count). The average Bonchev–Trinajstić information content (AvgIpc) is 3.37. The molecular formula is C28H22F2N6O. The molecular weight excluding hydrogens is 474 g/mol. The molecule has 0 saturated heterocycles. The third-order valence-corrected chi connectivity index (χ3v) is 6.53. The van der Waals surface area contributed by atoms with Crippen molar-refractivity contribution in [2.45, 2.75) is 27.7 Å². The molecule has 0 spiro atoms. The Bertz CT molecular complexity index is 1930. The number of hydrogen-bond donors (Lipinski definition) is 1. The lowest BCUT2D eigenvalue weighted by Crippen LogP contribution is -2.18. The van der Waals surface area contributed by atoms with Crippen LogP contribution in [0.2, 0.25) is 0 Å². The number of aryl methyl sites for hydroxylation is 4. The number of hydrogen-bond acceptors (Lipinski definition) is 4. The van der Waals surface area contributed by atoms with Crippen molar-refractivity contribution in [3.63, 3.8) is 0 Å². The van der Waals surface area contributed by atoms with Crippen molar-refractivity contribution in [3.8, 4) is 22.9 Å². The lowest BCUT2D eigenvalue weighted by atomic mass is 10.1. The number of benzene rings is 2. The van der Waals surface area contributed by atoms with Crippen molar-refractivity contribution in [2.24, 2.45) is 0 Å². The van der Waals surface area contributed by atoms with Crippen molar-refractivity contribution >= 4 is 21.8 Å². The van der Waals surface area contributed by atoms with E-state index in [1.807, 2.05) is 39.8 Å². The number of nitrogens with one attached hydrogen (secondary N) is 1. The number of aromatic nitrogens is 6. The van der Waals surface area contributed by atoms with Crippen LogP contribution in [0.25, 0.3) is 44.7 Å². The van der Waals surface area contributed by atoms with Crippen molar-refractivity contribution in [1.29, 1.82) is 0 Å². The normalized spacial score (nSPS) is 11.6. The quantitative estimate of drug-likeness (QED) is 0.345. The molecule has 0 radical (unpaired) electrons. The summed E-state index contributed by atoms with van der Waals surface area (Å²) in [5, 5.41) is 9.15. The summed E-state index contributed by atoms with van der Waals surface area (Å²) < 4.78 is 30.5. The van der Waals surface area contributed by atoms with Crippen molar-refractivity contribution in [1.82, 2.24) is 29.5 Å². The van der Waals surface area contributed by atoms with E-state index < -0.39 is 0 Å². The SMILES string of the molecule is Cc1cc(-c2c(C)[nH]n(-c3cc(C)c4cc(F)ccc4n3)c2=O)n(-c2cc(C)c3cc(F)ccc3n2)n1. The highest BCUT2D eigenvalue weighted by Gasteiger charge is 2.22. The summed E-state index contributed by atoms with van der Waals surface area (Å²) in [7, 11) is 0. The highest BCUT2D eigenvalue weighted by atomic mass is 19.1. The van der Waals surface area contributed by atoms with Crippen LogP contribution in [0.5, 0.6) is 0 Å². The second kappa shape index (κ2) is 8.19. The van der Waals surface area contributed by atoms with Gasteiger partial charge in [-0.2, -0.15) is 5.10 Å². The summed E-state index contributed by atoms with van der Waals surface area (Å²) >= 11 is 0. The van der Waals surface area contributed by atoms with Gasteiger partial charge in [0.25, 0.3) is 5.56 Å². The van der Waals surface area contributed by atoms with Gasteiger partial charge >= 0.3 is 0 Å². The lowest BCUT2D eigenvalue weighted by molar-refractivity contribution is 0.629. The Hall–Kier alpha value is -4.66. The fourth-order valence-corrected chi connectivity index (χ4v) is 4.78. The second-order valence-corrected chi connectivity index (χ2v) is 9.25. The predicted molar refractivity (Wildman–Crippen MR) is 138 cm³/mol. The summed E-state index contributed by atoms with van der Waals surface area (Å²) in [5.74, 6) is 0.256. The molecule has 4 aromatic heterocycles. The third-order valence-electron chi connectivity index (χ3n) is 6.53. The van der Waals surface area contributed by atoms with Gasteiger partial charge < -0.3 is 0 Å². The number of H-pyrrole nitrogens is 1. The molecule has 9 heteroatoms. The van der Waals surface area contributed by atoms with Gasteiger partial charge in [0.05, 0.1) is 28.0 Å². The molecule has 0 amide bonds. The molecule has 0 unspecified atom stereocenters. The van der Waals surface area contributed by atoms with E-state index in [0.717, 1.165) is 11.1 Å². The molecule has 0 fully saturated rings. The number of halogens is 2. The van der Waals surface area contributed by atoms with Crippen LogP contribution >= 0.6 is 0 Å². The maximum Gasteiger partial charge on any atom is 0.282 e. The van der Waals surface area contributed by atoms with Gasteiger partial charge in [0.1, 0.15) is 11.6 Å². The van der Waals surface area contributed by atoms with Gasteiger partial charge in [-0.25, -0.2) is 28.1 Å². The van der Waals surface area contributed by atoms with E-state index >= 15 is 0 Å². The molecule has 6 aromatic rings. The fraction of sp³-hybridized carbons (Fsp3) is 0.143. The zero-order chi connectivity index (χ0) is 26.0. The molecule has 4 heterocycles. The van der Waals surface area contributed by atoms with Crippen molar-refractivity contribution in [2.75, 3.05) is 0 Å². The topological polar surface area (TPSA) is 81.4 Å². The zero-order valence-electron chi connectivity index (χ0n) is 20.6. The second-order valence-electron chi connectivity index (χ2n) is 9.25. The van der Waals surface area contributed by atoms with Gasteiger partial charge in [0, 0.05) is 16.5 Å². The van der Waals surface area contributed by atoms with Crippen molar-refractivity contribution < 1.29 is 8.78 Å². The van der Waals surface area contributed by atoms with Crippen LogP contribution in [0, 0.1) is 39.3 Å². The maximum atomic E-state index is 13.8. The molecule has 184 valence electrons. The van der Waals surface area contributed by atoms with E-state index in [1.54, 1.807) is 22.9 Å². The van der Waals surface area contributed by atoms with E-state index in [2.05, 4.69) is 15.2 Å². The van der Waals surface area contributed by atoms with Gasteiger partial charge in [-0.1, -0.05) is 0 Å². The Morgan fingerprint density at radius 3 is 1.95 bits per heavy atom. The van der Waals surface area contributed by atoms with Crippen LogP contribution in [0.15, 0.2) is 59.4 Å². The van der Waals surface area contributed by atoms with Gasteiger partial charge in [0.15, 0.2) is 11.6 Å². The summed E-state index contributed by atoms with van der Waals surface area (Å²) in [6, 6.07) is 14.2. The number of rotatable bonds is 3. The Balaban J connectivity index is 1.53. The summed E-state index contributed by atoms with van der Waals surface area (Å²) in [4.78, 5) is 23.0. The molecule has 0 aliphatic heterocycles. The molecule has 0 bridgehead atoms. The molecule has 2 aromatic carbocycles. The summed E-state index contributed by atoms with van der Waals surface area (Å²) in [5.41, 5.74) is 4.90. The Morgan fingerprint density at radius 1 is 0.757 bits per heavy atom. The minimum atomic E-state index is -0.341. The number of aromatic amines is 1. The molecule has 1 N–H and O–H groups in total. The molecule has 0 atom stereocenters. The van der Waals surface area contributed by atoms with Gasteiger partial charge in [-0.05, 0) is 93.4 Å². The third kappa shape index (κ3) is 3.70. The maximum absolute atomic E-state index is 13.8. The fourth-order valence-electron chi connectivity index (χ4n) is 4.78. The smallest absolute Gasteiger partial charge is 0.282 e. The molecule has 7 nitrogen and oxygen atoms in total. The first-order valence-electron chi connectivity index (χ1n) is 11.7. The summed E-state index contributed by atoms with van der Waals surface area (Å²) in [6.07, 6.45) is 0. The first-order valence-corrected chi connectivity index (χ1v) is 11.7. The van der Waals surface area contributed by atoms with Gasteiger partial charge in [-0.3, -0.25) is 9.89 Å². The Labute approximate surface area is 210 Å². The van der Waals surface area contributed by atoms with Crippen LogP contribution in [0.3, 0.4) is 0 Å². The first kappa shape index (κ1) is 22.8.